The second kappa shape index (κ2) is 33.8. The summed E-state index contributed by atoms with van der Waals surface area (Å²) in [6.07, 6.45) is 4.17. The second-order valence-electron chi connectivity index (χ2n) is 3.98. The van der Waals surface area contributed by atoms with Crippen molar-refractivity contribution in [2.75, 3.05) is 7.11 Å². The number of carboxylic acids is 5. The van der Waals surface area contributed by atoms with E-state index in [0.29, 0.717) is 5.57 Å². The van der Waals surface area contributed by atoms with Crippen molar-refractivity contribution in [1.29, 1.82) is 0 Å². The van der Waals surface area contributed by atoms with Gasteiger partial charge < -0.3 is 30.3 Å². The van der Waals surface area contributed by atoms with Crippen molar-refractivity contribution < 1.29 is 59.0 Å². The normalized spacial score (nSPS) is 6.69. The van der Waals surface area contributed by atoms with Crippen LogP contribution < -0.4 is 0 Å². The van der Waals surface area contributed by atoms with Crippen molar-refractivity contribution in [1.82, 2.24) is 0 Å². The van der Waals surface area contributed by atoms with E-state index in [0.717, 1.165) is 30.4 Å². The first-order valence-electron chi connectivity index (χ1n) is 7.54. The topological polar surface area (TPSA) is 213 Å². The molecule has 0 amide bonds. The molecule has 0 bridgehead atoms. The van der Waals surface area contributed by atoms with Crippen molar-refractivity contribution in [3.05, 3.63) is 75.4 Å². The van der Waals surface area contributed by atoms with Gasteiger partial charge in [-0.2, -0.15) is 0 Å². The SMILES string of the molecule is C=C(C)C(=O)OC.C=CC(=O)O.C=CC(=O)O.C=CC(=O)O.C=CC(=O)O.C=CC(=O)O. The van der Waals surface area contributed by atoms with Gasteiger partial charge in [0, 0.05) is 36.0 Å². The Morgan fingerprint density at radius 1 is 0.562 bits per heavy atom. The summed E-state index contributed by atoms with van der Waals surface area (Å²) in [4.78, 5) is 56.4. The van der Waals surface area contributed by atoms with E-state index in [4.69, 9.17) is 25.5 Å². The van der Waals surface area contributed by atoms with Crippen LogP contribution in [0.3, 0.4) is 0 Å². The number of esters is 1. The Bertz CT molecular complexity index is 568. The lowest BCUT2D eigenvalue weighted by Crippen LogP contribution is -1.98. The molecule has 32 heavy (non-hydrogen) atoms. The van der Waals surface area contributed by atoms with Crippen LogP contribution in [0.2, 0.25) is 0 Å². The van der Waals surface area contributed by atoms with E-state index < -0.39 is 29.8 Å². The molecule has 0 rings (SSSR count). The molecule has 0 aliphatic rings. The molecule has 12 nitrogen and oxygen atoms in total. The number of methoxy groups -OCH3 is 1. The number of carboxylic acid groups (broad SMARTS) is 5. The second-order valence-corrected chi connectivity index (χ2v) is 3.98. The van der Waals surface area contributed by atoms with Crippen LogP contribution in [0, 0.1) is 0 Å². The van der Waals surface area contributed by atoms with Crippen LogP contribution in [0.25, 0.3) is 0 Å². The molecule has 180 valence electrons. The van der Waals surface area contributed by atoms with Gasteiger partial charge in [0.2, 0.25) is 0 Å². The van der Waals surface area contributed by atoms with Crippen LogP contribution in [-0.4, -0.2) is 68.5 Å². The molecule has 0 saturated carbocycles. The van der Waals surface area contributed by atoms with Crippen LogP contribution in [-0.2, 0) is 33.5 Å². The monoisotopic (exact) mass is 460 g/mol. The number of hydrogen-bond acceptors (Lipinski definition) is 7. The molecule has 0 saturated heterocycles. The van der Waals surface area contributed by atoms with E-state index >= 15 is 0 Å². The Kier molecular flexibility index (Phi) is 43.9. The highest BCUT2D eigenvalue weighted by Crippen LogP contribution is 1.87. The van der Waals surface area contributed by atoms with Crippen LogP contribution in [0.4, 0.5) is 0 Å². The third kappa shape index (κ3) is 117. The van der Waals surface area contributed by atoms with Crippen molar-refractivity contribution in [3.63, 3.8) is 0 Å². The highest BCUT2D eigenvalue weighted by Gasteiger charge is 1.95. The van der Waals surface area contributed by atoms with Gasteiger partial charge in [-0.1, -0.05) is 39.5 Å². The van der Waals surface area contributed by atoms with Gasteiger partial charge in [0.15, 0.2) is 0 Å². The van der Waals surface area contributed by atoms with Gasteiger partial charge in [0.05, 0.1) is 7.11 Å². The van der Waals surface area contributed by atoms with Gasteiger partial charge in [-0.05, 0) is 6.92 Å². The Morgan fingerprint density at radius 3 is 0.688 bits per heavy atom. The van der Waals surface area contributed by atoms with E-state index in [1.54, 1.807) is 6.92 Å². The fourth-order valence-electron chi connectivity index (χ4n) is 0.174. The van der Waals surface area contributed by atoms with E-state index in [1.165, 1.54) is 7.11 Å². The number of carbonyl (C=O) groups excluding carboxylic acids is 1. The van der Waals surface area contributed by atoms with E-state index in [9.17, 15) is 28.8 Å². The van der Waals surface area contributed by atoms with Crippen LogP contribution in [0.15, 0.2) is 75.4 Å². The number of aliphatic carboxylic acids is 5. The average Bonchev–Trinajstić information content (AvgIpc) is 2.74. The molecule has 0 heterocycles. The molecular weight excluding hydrogens is 432 g/mol. The summed E-state index contributed by atoms with van der Waals surface area (Å²) in [6.45, 7) is 19.8. The summed E-state index contributed by atoms with van der Waals surface area (Å²) in [5.41, 5.74) is 0.433. The summed E-state index contributed by atoms with van der Waals surface area (Å²) in [7, 11) is 1.33. The highest BCUT2D eigenvalue weighted by atomic mass is 16.5. The predicted molar refractivity (Wildman–Crippen MR) is 116 cm³/mol. The molecule has 0 atom stereocenters. The minimum Gasteiger partial charge on any atom is -0.478 e. The zero-order valence-corrected chi connectivity index (χ0v) is 17.7. The van der Waals surface area contributed by atoms with Crippen LogP contribution >= 0.6 is 0 Å². The molecular formula is C20H28O12. The van der Waals surface area contributed by atoms with Crippen LogP contribution in [0.5, 0.6) is 0 Å². The number of hydrogen-bond donors (Lipinski definition) is 5. The first-order chi connectivity index (χ1) is 14.5. The maximum Gasteiger partial charge on any atom is 0.332 e. The first kappa shape index (κ1) is 41.6. The molecule has 0 aliphatic carbocycles. The summed E-state index contributed by atoms with van der Waals surface area (Å²) < 4.78 is 4.27. The summed E-state index contributed by atoms with van der Waals surface area (Å²) in [6, 6.07) is 0. The molecule has 0 fully saturated rings. The maximum absolute atomic E-state index is 10.2. The minimum atomic E-state index is -0.981. The summed E-state index contributed by atoms with van der Waals surface area (Å²) in [5, 5.41) is 38.0. The molecule has 0 aliphatic heterocycles. The van der Waals surface area contributed by atoms with E-state index in [2.05, 4.69) is 44.2 Å². The first-order valence-corrected chi connectivity index (χ1v) is 7.54. The average molecular weight is 460 g/mol. The predicted octanol–water partition coefficient (Wildman–Crippen LogP) is 2.02. The molecule has 0 aromatic carbocycles. The van der Waals surface area contributed by atoms with Gasteiger partial charge >= 0.3 is 35.8 Å². The third-order valence-electron chi connectivity index (χ3n) is 1.41. The van der Waals surface area contributed by atoms with Crippen LogP contribution in [0.1, 0.15) is 6.92 Å². The lowest BCUT2D eigenvalue weighted by Gasteiger charge is -1.91. The molecule has 0 aromatic rings. The Hall–Kier alpha value is -4.74. The summed E-state index contributed by atoms with van der Waals surface area (Å²) >= 11 is 0. The van der Waals surface area contributed by atoms with Crippen molar-refractivity contribution in [2.24, 2.45) is 0 Å². The molecule has 12 heteroatoms. The lowest BCUT2D eigenvalue weighted by atomic mass is 10.4. The fourth-order valence-corrected chi connectivity index (χ4v) is 0.174. The Morgan fingerprint density at radius 2 is 0.688 bits per heavy atom. The van der Waals surface area contributed by atoms with Crippen molar-refractivity contribution >= 4 is 35.8 Å². The molecule has 0 spiro atoms. The Balaban J connectivity index is -0.0000000637. The van der Waals surface area contributed by atoms with Gasteiger partial charge in [-0.15, -0.1) is 0 Å². The van der Waals surface area contributed by atoms with Crippen molar-refractivity contribution in [3.8, 4) is 0 Å². The minimum absolute atomic E-state index is 0.347. The smallest absolute Gasteiger partial charge is 0.332 e. The lowest BCUT2D eigenvalue weighted by molar-refractivity contribution is -0.136. The zero-order chi connectivity index (χ0) is 27.3. The third-order valence-corrected chi connectivity index (χ3v) is 1.41. The maximum atomic E-state index is 10.2. The Labute approximate surface area is 185 Å². The largest absolute Gasteiger partial charge is 0.478 e. The van der Waals surface area contributed by atoms with Gasteiger partial charge in [-0.3, -0.25) is 0 Å². The molecule has 0 aromatic heterocycles. The standard InChI is InChI=1S/C5H8O2.5C3H4O2/c1-4(2)5(6)7-3;5*1-2-3(4)5/h1H2,2-3H3;5*2H,1H2,(H,4,5). The number of rotatable bonds is 6. The zero-order valence-electron chi connectivity index (χ0n) is 17.7. The summed E-state index contributed by atoms with van der Waals surface area (Å²) in [5.74, 6) is -5.25. The van der Waals surface area contributed by atoms with Gasteiger partial charge in [0.1, 0.15) is 0 Å². The quantitative estimate of drug-likeness (QED) is 0.284. The number of ether oxygens (including phenoxy) is 1. The highest BCUT2D eigenvalue weighted by molar-refractivity contribution is 5.86. The van der Waals surface area contributed by atoms with E-state index in [-0.39, 0.29) is 5.97 Å². The van der Waals surface area contributed by atoms with Gasteiger partial charge in [0.25, 0.3) is 0 Å². The number of carbonyl (C=O) groups is 6. The molecule has 0 unspecified atom stereocenters. The molecule has 0 radical (unpaired) electrons. The van der Waals surface area contributed by atoms with Crippen molar-refractivity contribution in [2.45, 2.75) is 6.92 Å². The molecule has 5 N–H and O–H groups in total. The van der Waals surface area contributed by atoms with Gasteiger partial charge in [-0.25, -0.2) is 28.8 Å². The fraction of sp³-hybridized carbons (Fsp3) is 0.100. The van der Waals surface area contributed by atoms with E-state index in [1.807, 2.05) is 0 Å².